The van der Waals surface area contributed by atoms with Crippen molar-refractivity contribution in [1.82, 2.24) is 10.2 Å². The number of hydrogen-bond donors (Lipinski definition) is 3. The highest BCUT2D eigenvalue weighted by atomic mass is 16.4. The Morgan fingerprint density at radius 3 is 2.62 bits per heavy atom. The van der Waals surface area contributed by atoms with Gasteiger partial charge < -0.3 is 20.6 Å². The molecule has 0 aliphatic carbocycles. The predicted octanol–water partition coefficient (Wildman–Crippen LogP) is 1.83. The average Bonchev–Trinajstić information content (AvgIpc) is 2.77. The lowest BCUT2D eigenvalue weighted by atomic mass is 10.0. The topological polar surface area (TPSA) is 81.7 Å². The molecule has 1 aliphatic heterocycles. The van der Waals surface area contributed by atoms with Gasteiger partial charge in [0.15, 0.2) is 0 Å². The Morgan fingerprint density at radius 1 is 1.33 bits per heavy atom. The van der Waals surface area contributed by atoms with Crippen LogP contribution in [0.15, 0.2) is 12.1 Å². The molecule has 2 amide bonds. The van der Waals surface area contributed by atoms with Crippen LogP contribution in [0.4, 0.5) is 10.5 Å². The van der Waals surface area contributed by atoms with E-state index in [-0.39, 0.29) is 17.6 Å². The van der Waals surface area contributed by atoms with Gasteiger partial charge in [-0.25, -0.2) is 9.59 Å². The SMILES string of the molecule is Cc1cc(C)c(NC(=O)NC2CCN(C)C2)c(C(=O)O)c1. The zero-order valence-corrected chi connectivity index (χ0v) is 12.6. The number of carboxylic acid groups (broad SMARTS) is 1. The van der Waals surface area contributed by atoms with Crippen molar-refractivity contribution in [3.63, 3.8) is 0 Å². The maximum atomic E-state index is 12.1. The van der Waals surface area contributed by atoms with Crippen molar-refractivity contribution < 1.29 is 14.7 Å². The number of nitrogens with zero attached hydrogens (tertiary/aromatic N) is 1. The maximum Gasteiger partial charge on any atom is 0.337 e. The molecule has 2 rings (SSSR count). The minimum atomic E-state index is -1.04. The van der Waals surface area contributed by atoms with Crippen LogP contribution in [0, 0.1) is 13.8 Å². The number of carbonyl (C=O) groups is 2. The second-order valence-electron chi connectivity index (χ2n) is 5.66. The van der Waals surface area contributed by atoms with Crippen LogP contribution < -0.4 is 10.6 Å². The fourth-order valence-electron chi connectivity index (χ4n) is 2.69. The summed E-state index contributed by atoms with van der Waals surface area (Å²) in [5, 5.41) is 14.8. The van der Waals surface area contributed by atoms with Crippen LogP contribution in [0.5, 0.6) is 0 Å². The molecule has 21 heavy (non-hydrogen) atoms. The minimum Gasteiger partial charge on any atom is -0.478 e. The molecule has 0 radical (unpaired) electrons. The number of urea groups is 1. The summed E-state index contributed by atoms with van der Waals surface area (Å²) in [6.07, 6.45) is 0.905. The Bertz CT molecular complexity index is 572. The number of aryl methyl sites for hydroxylation is 2. The first-order valence-electron chi connectivity index (χ1n) is 6.97. The van der Waals surface area contributed by atoms with Crippen molar-refractivity contribution in [2.24, 2.45) is 0 Å². The van der Waals surface area contributed by atoms with Crippen molar-refractivity contribution >= 4 is 17.7 Å². The first-order chi connectivity index (χ1) is 9.86. The number of likely N-dealkylation sites (tertiary alicyclic amines) is 1. The van der Waals surface area contributed by atoms with Gasteiger partial charge >= 0.3 is 12.0 Å². The molecule has 1 aliphatic rings. The van der Waals surface area contributed by atoms with Crippen molar-refractivity contribution in [2.75, 3.05) is 25.5 Å². The zero-order valence-electron chi connectivity index (χ0n) is 12.6. The van der Waals surface area contributed by atoms with E-state index in [1.54, 1.807) is 13.0 Å². The molecule has 0 spiro atoms. The molecule has 114 valence electrons. The number of hydrogen-bond acceptors (Lipinski definition) is 3. The molecule has 0 aromatic heterocycles. The summed E-state index contributed by atoms with van der Waals surface area (Å²) in [5.41, 5.74) is 2.07. The highest BCUT2D eigenvalue weighted by molar-refractivity contribution is 6.01. The summed E-state index contributed by atoms with van der Waals surface area (Å²) in [4.78, 5) is 25.5. The lowest BCUT2D eigenvalue weighted by Gasteiger charge is -2.16. The summed E-state index contributed by atoms with van der Waals surface area (Å²) >= 11 is 0. The molecular formula is C15H21N3O3. The number of benzene rings is 1. The third kappa shape index (κ3) is 3.72. The van der Waals surface area contributed by atoms with E-state index in [9.17, 15) is 14.7 Å². The fourth-order valence-corrected chi connectivity index (χ4v) is 2.69. The number of likely N-dealkylation sites (N-methyl/N-ethyl adjacent to an activating group) is 1. The molecule has 1 aromatic carbocycles. The average molecular weight is 291 g/mol. The Hall–Kier alpha value is -2.08. The van der Waals surface area contributed by atoms with Gasteiger partial charge in [-0.15, -0.1) is 0 Å². The van der Waals surface area contributed by atoms with Crippen LogP contribution in [0.2, 0.25) is 0 Å². The number of carbonyl (C=O) groups excluding carboxylic acids is 1. The second-order valence-corrected chi connectivity index (χ2v) is 5.66. The monoisotopic (exact) mass is 291 g/mol. The zero-order chi connectivity index (χ0) is 15.6. The molecular weight excluding hydrogens is 270 g/mol. The number of carboxylic acids is 1. The van der Waals surface area contributed by atoms with Crippen molar-refractivity contribution in [3.8, 4) is 0 Å². The van der Waals surface area contributed by atoms with E-state index in [2.05, 4.69) is 15.5 Å². The second kappa shape index (κ2) is 6.13. The van der Waals surface area contributed by atoms with Gasteiger partial charge in [0, 0.05) is 12.6 Å². The summed E-state index contributed by atoms with van der Waals surface area (Å²) in [6.45, 7) is 5.39. The van der Waals surface area contributed by atoms with E-state index in [0.29, 0.717) is 5.69 Å². The van der Waals surface area contributed by atoms with Gasteiger partial charge in [-0.1, -0.05) is 6.07 Å². The van der Waals surface area contributed by atoms with Crippen LogP contribution in [0.3, 0.4) is 0 Å². The minimum absolute atomic E-state index is 0.106. The number of anilines is 1. The van der Waals surface area contributed by atoms with Crippen LogP contribution >= 0.6 is 0 Å². The molecule has 1 atom stereocenters. The van der Waals surface area contributed by atoms with Gasteiger partial charge in [-0.05, 0) is 51.1 Å². The third-order valence-corrected chi connectivity index (χ3v) is 3.68. The fraction of sp³-hybridized carbons (Fsp3) is 0.467. The molecule has 6 nitrogen and oxygen atoms in total. The summed E-state index contributed by atoms with van der Waals surface area (Å²) in [5.74, 6) is -1.04. The van der Waals surface area contributed by atoms with E-state index < -0.39 is 5.97 Å². The lowest BCUT2D eigenvalue weighted by molar-refractivity contribution is 0.0698. The molecule has 3 N–H and O–H groups in total. The lowest BCUT2D eigenvalue weighted by Crippen LogP contribution is -2.39. The summed E-state index contributed by atoms with van der Waals surface area (Å²) < 4.78 is 0. The van der Waals surface area contributed by atoms with Gasteiger partial charge in [-0.2, -0.15) is 0 Å². The van der Waals surface area contributed by atoms with E-state index in [0.717, 1.165) is 30.6 Å². The molecule has 6 heteroatoms. The Kier molecular flexibility index (Phi) is 4.47. The molecule has 0 saturated carbocycles. The van der Waals surface area contributed by atoms with Crippen LogP contribution in [-0.4, -0.2) is 48.2 Å². The Morgan fingerprint density at radius 2 is 2.05 bits per heavy atom. The molecule has 1 fully saturated rings. The van der Waals surface area contributed by atoms with Crippen molar-refractivity contribution in [3.05, 3.63) is 28.8 Å². The molecule has 1 aromatic rings. The number of rotatable bonds is 3. The summed E-state index contributed by atoms with van der Waals surface area (Å²) in [6, 6.07) is 3.17. The van der Waals surface area contributed by atoms with Crippen LogP contribution in [-0.2, 0) is 0 Å². The number of aromatic carboxylic acids is 1. The van der Waals surface area contributed by atoms with E-state index >= 15 is 0 Å². The number of nitrogens with one attached hydrogen (secondary N) is 2. The molecule has 1 saturated heterocycles. The number of amides is 2. The smallest absolute Gasteiger partial charge is 0.337 e. The third-order valence-electron chi connectivity index (χ3n) is 3.68. The van der Waals surface area contributed by atoms with E-state index in [1.807, 2.05) is 20.0 Å². The van der Waals surface area contributed by atoms with Crippen molar-refractivity contribution in [1.29, 1.82) is 0 Å². The van der Waals surface area contributed by atoms with Gasteiger partial charge in [-0.3, -0.25) is 0 Å². The largest absolute Gasteiger partial charge is 0.478 e. The Balaban J connectivity index is 2.11. The standard InChI is InChI=1S/C15H21N3O3/c1-9-6-10(2)13(12(7-9)14(19)20)17-15(21)16-11-4-5-18(3)8-11/h6-7,11H,4-5,8H2,1-3H3,(H,19,20)(H2,16,17,21). The highest BCUT2D eigenvalue weighted by Crippen LogP contribution is 2.23. The predicted molar refractivity (Wildman–Crippen MR) is 80.9 cm³/mol. The highest BCUT2D eigenvalue weighted by Gasteiger charge is 2.22. The first-order valence-corrected chi connectivity index (χ1v) is 6.97. The quantitative estimate of drug-likeness (QED) is 0.793. The molecule has 1 heterocycles. The first kappa shape index (κ1) is 15.3. The molecule has 0 bridgehead atoms. The van der Waals surface area contributed by atoms with E-state index in [1.165, 1.54) is 0 Å². The van der Waals surface area contributed by atoms with Crippen molar-refractivity contribution in [2.45, 2.75) is 26.3 Å². The Labute approximate surface area is 124 Å². The van der Waals surface area contributed by atoms with Gasteiger partial charge in [0.2, 0.25) is 0 Å². The summed E-state index contributed by atoms with van der Waals surface area (Å²) in [7, 11) is 2.01. The van der Waals surface area contributed by atoms with Crippen LogP contribution in [0.25, 0.3) is 0 Å². The van der Waals surface area contributed by atoms with Crippen LogP contribution in [0.1, 0.15) is 27.9 Å². The molecule has 1 unspecified atom stereocenters. The van der Waals surface area contributed by atoms with Gasteiger partial charge in [0.1, 0.15) is 0 Å². The van der Waals surface area contributed by atoms with Gasteiger partial charge in [0.25, 0.3) is 0 Å². The maximum absolute atomic E-state index is 12.1. The van der Waals surface area contributed by atoms with E-state index in [4.69, 9.17) is 0 Å². The normalized spacial score (nSPS) is 18.5. The van der Waals surface area contributed by atoms with Gasteiger partial charge in [0.05, 0.1) is 11.3 Å².